The van der Waals surface area contributed by atoms with E-state index < -0.39 is 0 Å². The van der Waals surface area contributed by atoms with Crippen LogP contribution >= 0.6 is 0 Å². The molecule has 0 N–H and O–H groups in total. The van der Waals surface area contributed by atoms with Crippen LogP contribution in [0.3, 0.4) is 0 Å². The Morgan fingerprint density at radius 3 is 2.55 bits per heavy atom. The molecule has 0 aromatic carbocycles. The van der Waals surface area contributed by atoms with Crippen LogP contribution in [0.25, 0.3) is 0 Å². The summed E-state index contributed by atoms with van der Waals surface area (Å²) in [5, 5.41) is 14.3. The molecule has 6 heteroatoms. The molecule has 1 aliphatic heterocycles. The van der Waals surface area contributed by atoms with Gasteiger partial charge in [-0.3, -0.25) is 4.79 Å². The van der Waals surface area contributed by atoms with E-state index in [0.717, 1.165) is 81.5 Å². The van der Waals surface area contributed by atoms with Crippen LogP contribution in [0.1, 0.15) is 60.2 Å². The van der Waals surface area contributed by atoms with Crippen LogP contribution in [0.4, 0.5) is 5.82 Å². The van der Waals surface area contributed by atoms with Crippen LogP contribution in [-0.4, -0.2) is 27.9 Å². The number of hydrogen-bond acceptors (Lipinski definition) is 5. The highest BCUT2D eigenvalue weighted by molar-refractivity contribution is 5.57. The monoisotopic (exact) mass is 389 g/mol. The van der Waals surface area contributed by atoms with Crippen LogP contribution in [0.5, 0.6) is 0 Å². The van der Waals surface area contributed by atoms with Gasteiger partial charge in [-0.15, -0.1) is 0 Å². The molecule has 3 aliphatic rings. The molecule has 0 bridgehead atoms. The molecule has 0 saturated carbocycles. The number of aryl methyl sites for hydroxylation is 4. The first-order valence-electron chi connectivity index (χ1n) is 11.0. The van der Waals surface area contributed by atoms with Gasteiger partial charge in [-0.1, -0.05) is 0 Å². The molecule has 5 rings (SSSR count). The van der Waals surface area contributed by atoms with Crippen molar-refractivity contribution in [3.63, 3.8) is 0 Å². The van der Waals surface area contributed by atoms with Gasteiger partial charge in [0, 0.05) is 31.4 Å². The van der Waals surface area contributed by atoms with E-state index in [1.165, 1.54) is 17.7 Å². The minimum absolute atomic E-state index is 0.0418. The zero-order chi connectivity index (χ0) is 19.8. The van der Waals surface area contributed by atoms with Crippen LogP contribution in [0.2, 0.25) is 0 Å². The van der Waals surface area contributed by atoms with E-state index >= 15 is 0 Å². The second-order valence-corrected chi connectivity index (χ2v) is 8.70. The summed E-state index contributed by atoms with van der Waals surface area (Å²) in [6, 6.07) is 6.21. The predicted octanol–water partition coefficient (Wildman–Crippen LogP) is 2.79. The number of piperidine rings is 1. The molecule has 1 saturated heterocycles. The number of rotatable bonds is 3. The molecule has 3 heterocycles. The summed E-state index contributed by atoms with van der Waals surface area (Å²) in [5.41, 5.74) is 5.44. The summed E-state index contributed by atoms with van der Waals surface area (Å²) in [6.07, 6.45) is 9.52. The standard InChI is InChI=1S/C23H27N5O/c24-14-19-12-17-5-3-7-20(17)25-23(19)27-10-8-16(9-11-27)15-28-22(29)13-18-4-1-2-6-21(18)26-28/h12-13,16H,1-11,15H2. The second kappa shape index (κ2) is 7.62. The summed E-state index contributed by atoms with van der Waals surface area (Å²) >= 11 is 0. The quantitative estimate of drug-likeness (QED) is 0.807. The molecular weight excluding hydrogens is 362 g/mol. The Morgan fingerprint density at radius 2 is 1.72 bits per heavy atom. The van der Waals surface area contributed by atoms with E-state index in [-0.39, 0.29) is 5.56 Å². The first-order chi connectivity index (χ1) is 14.2. The number of nitrogens with zero attached hydrogens (tertiary/aromatic N) is 5. The summed E-state index contributed by atoms with van der Waals surface area (Å²) in [4.78, 5) is 19.6. The fourth-order valence-corrected chi connectivity index (χ4v) is 5.09. The molecular formula is C23H27N5O. The fraction of sp³-hybridized carbons (Fsp3) is 0.565. The van der Waals surface area contributed by atoms with Gasteiger partial charge in [0.15, 0.2) is 0 Å². The van der Waals surface area contributed by atoms with E-state index in [4.69, 9.17) is 4.98 Å². The number of nitriles is 1. The number of hydrogen-bond donors (Lipinski definition) is 0. The second-order valence-electron chi connectivity index (χ2n) is 8.70. The Balaban J connectivity index is 1.28. The molecule has 2 aromatic rings. The van der Waals surface area contributed by atoms with Gasteiger partial charge in [-0.25, -0.2) is 9.67 Å². The Bertz CT molecular complexity index is 1030. The number of aromatic nitrogens is 3. The predicted molar refractivity (Wildman–Crippen MR) is 111 cm³/mol. The van der Waals surface area contributed by atoms with Gasteiger partial charge >= 0.3 is 0 Å². The lowest BCUT2D eigenvalue weighted by Crippen LogP contribution is -2.38. The molecule has 6 nitrogen and oxygen atoms in total. The van der Waals surface area contributed by atoms with Crippen LogP contribution in [0.15, 0.2) is 16.9 Å². The Morgan fingerprint density at radius 1 is 1.00 bits per heavy atom. The average Bonchev–Trinajstić information content (AvgIpc) is 3.21. The lowest BCUT2D eigenvalue weighted by atomic mass is 9.95. The molecule has 0 atom stereocenters. The molecule has 0 amide bonds. The van der Waals surface area contributed by atoms with Gasteiger partial charge in [-0.2, -0.15) is 10.4 Å². The zero-order valence-electron chi connectivity index (χ0n) is 16.9. The number of anilines is 1. The van der Waals surface area contributed by atoms with Crippen LogP contribution in [0, 0.1) is 17.2 Å². The lowest BCUT2D eigenvalue weighted by molar-refractivity contribution is 0.331. The van der Waals surface area contributed by atoms with Gasteiger partial charge in [-0.05, 0) is 80.9 Å². The smallest absolute Gasteiger partial charge is 0.267 e. The third-order valence-electron chi connectivity index (χ3n) is 6.77. The van der Waals surface area contributed by atoms with Crippen molar-refractivity contribution >= 4 is 5.82 Å². The van der Waals surface area contributed by atoms with Gasteiger partial charge in [0.2, 0.25) is 0 Å². The van der Waals surface area contributed by atoms with Crippen molar-refractivity contribution in [1.29, 1.82) is 5.26 Å². The summed E-state index contributed by atoms with van der Waals surface area (Å²) in [5.74, 6) is 1.30. The van der Waals surface area contributed by atoms with Gasteiger partial charge < -0.3 is 4.90 Å². The van der Waals surface area contributed by atoms with E-state index in [1.807, 2.05) is 12.1 Å². The highest BCUT2D eigenvalue weighted by Crippen LogP contribution is 2.30. The van der Waals surface area contributed by atoms with Crippen molar-refractivity contribution in [3.05, 3.63) is 50.6 Å². The zero-order valence-corrected chi connectivity index (χ0v) is 16.9. The largest absolute Gasteiger partial charge is 0.355 e. The van der Waals surface area contributed by atoms with E-state index in [9.17, 15) is 10.1 Å². The summed E-state index contributed by atoms with van der Waals surface area (Å²) in [7, 11) is 0. The first kappa shape index (κ1) is 18.4. The Kier molecular flexibility index (Phi) is 4.83. The van der Waals surface area contributed by atoms with Gasteiger partial charge in [0.1, 0.15) is 11.9 Å². The topological polar surface area (TPSA) is 74.8 Å². The van der Waals surface area contributed by atoms with Crippen LogP contribution < -0.4 is 10.5 Å². The molecule has 2 aromatic heterocycles. The van der Waals surface area contributed by atoms with Crippen molar-refractivity contribution in [2.24, 2.45) is 5.92 Å². The number of pyridine rings is 1. The van der Waals surface area contributed by atoms with Crippen molar-refractivity contribution in [2.45, 2.75) is 64.3 Å². The average molecular weight is 390 g/mol. The highest BCUT2D eigenvalue weighted by Gasteiger charge is 2.25. The normalized spacial score (nSPS) is 18.9. The molecule has 1 fully saturated rings. The maximum atomic E-state index is 12.5. The molecule has 0 spiro atoms. The minimum Gasteiger partial charge on any atom is -0.355 e. The summed E-state index contributed by atoms with van der Waals surface area (Å²) < 4.78 is 1.69. The first-order valence-corrected chi connectivity index (χ1v) is 11.0. The van der Waals surface area contributed by atoms with E-state index in [1.54, 1.807) is 4.68 Å². The SMILES string of the molecule is N#Cc1cc2c(nc1N1CCC(Cn3nc4c(cc3=O)CCCC4)CC1)CCC2. The molecule has 2 aliphatic carbocycles. The maximum absolute atomic E-state index is 12.5. The van der Waals surface area contributed by atoms with Crippen LogP contribution in [-0.2, 0) is 32.2 Å². The molecule has 0 radical (unpaired) electrons. The third kappa shape index (κ3) is 3.55. The Labute approximate surface area is 171 Å². The van der Waals surface area contributed by atoms with Crippen molar-refractivity contribution in [3.8, 4) is 6.07 Å². The fourth-order valence-electron chi connectivity index (χ4n) is 5.09. The van der Waals surface area contributed by atoms with E-state index in [0.29, 0.717) is 18.0 Å². The minimum atomic E-state index is 0.0418. The molecule has 29 heavy (non-hydrogen) atoms. The van der Waals surface area contributed by atoms with Crippen molar-refractivity contribution < 1.29 is 0 Å². The van der Waals surface area contributed by atoms with Crippen molar-refractivity contribution in [2.75, 3.05) is 18.0 Å². The Hall–Kier alpha value is -2.68. The number of fused-ring (bicyclic) bond motifs is 2. The third-order valence-corrected chi connectivity index (χ3v) is 6.77. The summed E-state index contributed by atoms with van der Waals surface area (Å²) in [6.45, 7) is 2.46. The molecule has 0 unspecified atom stereocenters. The maximum Gasteiger partial charge on any atom is 0.267 e. The molecule has 150 valence electrons. The van der Waals surface area contributed by atoms with Gasteiger partial charge in [0.25, 0.3) is 5.56 Å². The highest BCUT2D eigenvalue weighted by atomic mass is 16.1. The van der Waals surface area contributed by atoms with E-state index in [2.05, 4.69) is 16.1 Å². The van der Waals surface area contributed by atoms with Gasteiger partial charge in [0.05, 0.1) is 11.3 Å². The lowest BCUT2D eigenvalue weighted by Gasteiger charge is -2.33. The van der Waals surface area contributed by atoms with Crippen molar-refractivity contribution in [1.82, 2.24) is 14.8 Å².